The van der Waals surface area contributed by atoms with Crippen LogP contribution in [0.25, 0.3) is 0 Å². The van der Waals surface area contributed by atoms with Crippen LogP contribution in [-0.4, -0.2) is 12.0 Å². The first-order valence-electron chi connectivity index (χ1n) is 4.32. The zero-order chi connectivity index (χ0) is 9.80. The molecule has 0 aliphatic heterocycles. The van der Waals surface area contributed by atoms with Crippen molar-refractivity contribution in [3.05, 3.63) is 35.0 Å². The van der Waals surface area contributed by atoms with Crippen LogP contribution in [0.5, 0.6) is 0 Å². The first-order chi connectivity index (χ1) is 6.88. The van der Waals surface area contributed by atoms with Gasteiger partial charge in [-0.25, -0.2) is 4.98 Å². The summed E-state index contributed by atoms with van der Waals surface area (Å²) in [6, 6.07) is 7.86. The molecule has 2 aromatic rings. The minimum Gasteiger partial charge on any atom is -0.373 e. The Morgan fingerprint density at radius 2 is 2.07 bits per heavy atom. The van der Waals surface area contributed by atoms with Crippen LogP contribution in [0, 0.1) is 0 Å². The third-order valence-electron chi connectivity index (χ3n) is 1.80. The van der Waals surface area contributed by atoms with Crippen LogP contribution in [0.2, 0.25) is 0 Å². The molecule has 0 atom stereocenters. The molecule has 0 aromatic carbocycles. The van der Waals surface area contributed by atoms with Gasteiger partial charge in [0.15, 0.2) is 0 Å². The standard InChI is InChI=1S/C10H11N3S/c1-11-9-3-2-4-10(13-9)12-8-5-6-14-7-8/h2-7H,1H3,(H2,11,12,13). The van der Waals surface area contributed by atoms with Gasteiger partial charge in [0.1, 0.15) is 11.6 Å². The smallest absolute Gasteiger partial charge is 0.132 e. The summed E-state index contributed by atoms with van der Waals surface area (Å²) in [7, 11) is 1.86. The lowest BCUT2D eigenvalue weighted by atomic mass is 10.4. The quantitative estimate of drug-likeness (QED) is 0.809. The third kappa shape index (κ3) is 2.03. The van der Waals surface area contributed by atoms with Crippen molar-refractivity contribution in [1.29, 1.82) is 0 Å². The maximum Gasteiger partial charge on any atom is 0.132 e. The molecule has 0 amide bonds. The number of aromatic nitrogens is 1. The molecule has 0 fully saturated rings. The van der Waals surface area contributed by atoms with Crippen LogP contribution in [0.4, 0.5) is 17.3 Å². The summed E-state index contributed by atoms with van der Waals surface area (Å²) >= 11 is 1.66. The molecular formula is C10H11N3S. The zero-order valence-electron chi connectivity index (χ0n) is 7.82. The number of nitrogens with one attached hydrogen (secondary N) is 2. The number of hydrogen-bond acceptors (Lipinski definition) is 4. The van der Waals surface area contributed by atoms with Gasteiger partial charge in [-0.05, 0) is 23.6 Å². The van der Waals surface area contributed by atoms with Crippen LogP contribution < -0.4 is 10.6 Å². The average Bonchev–Trinajstić information content (AvgIpc) is 2.71. The van der Waals surface area contributed by atoms with Gasteiger partial charge in [-0.2, -0.15) is 11.3 Å². The number of rotatable bonds is 3. The number of hydrogen-bond donors (Lipinski definition) is 2. The number of anilines is 3. The van der Waals surface area contributed by atoms with Gasteiger partial charge >= 0.3 is 0 Å². The van der Waals surface area contributed by atoms with Gasteiger partial charge in [0.25, 0.3) is 0 Å². The molecular weight excluding hydrogens is 194 g/mol. The van der Waals surface area contributed by atoms with Crippen LogP contribution in [0.1, 0.15) is 0 Å². The van der Waals surface area contributed by atoms with Crippen LogP contribution >= 0.6 is 11.3 Å². The molecule has 0 unspecified atom stereocenters. The van der Waals surface area contributed by atoms with Gasteiger partial charge in [0, 0.05) is 12.4 Å². The SMILES string of the molecule is CNc1cccc(Nc2ccsc2)n1. The Labute approximate surface area is 86.8 Å². The van der Waals surface area contributed by atoms with Crippen molar-refractivity contribution < 1.29 is 0 Å². The lowest BCUT2D eigenvalue weighted by Gasteiger charge is -2.04. The van der Waals surface area contributed by atoms with E-state index in [0.29, 0.717) is 0 Å². The monoisotopic (exact) mass is 205 g/mol. The van der Waals surface area contributed by atoms with Gasteiger partial charge < -0.3 is 10.6 Å². The van der Waals surface area contributed by atoms with Crippen LogP contribution in [-0.2, 0) is 0 Å². The van der Waals surface area contributed by atoms with E-state index in [0.717, 1.165) is 17.3 Å². The maximum absolute atomic E-state index is 4.35. The van der Waals surface area contributed by atoms with Crippen molar-refractivity contribution in [3.63, 3.8) is 0 Å². The summed E-state index contributed by atoms with van der Waals surface area (Å²) in [6.45, 7) is 0. The Hall–Kier alpha value is -1.55. The highest BCUT2D eigenvalue weighted by atomic mass is 32.1. The molecule has 0 radical (unpaired) electrons. The van der Waals surface area contributed by atoms with Gasteiger partial charge in [0.05, 0.1) is 5.69 Å². The minimum atomic E-state index is 0.857. The zero-order valence-corrected chi connectivity index (χ0v) is 8.64. The Morgan fingerprint density at radius 3 is 2.79 bits per heavy atom. The van der Waals surface area contributed by atoms with E-state index in [9.17, 15) is 0 Å². The molecule has 0 saturated heterocycles. The Balaban J connectivity index is 2.17. The van der Waals surface area contributed by atoms with Crippen LogP contribution in [0.15, 0.2) is 35.0 Å². The molecule has 14 heavy (non-hydrogen) atoms. The van der Waals surface area contributed by atoms with Crippen molar-refractivity contribution in [2.45, 2.75) is 0 Å². The molecule has 0 aliphatic rings. The van der Waals surface area contributed by atoms with Crippen LogP contribution in [0.3, 0.4) is 0 Å². The van der Waals surface area contributed by atoms with E-state index in [1.807, 2.05) is 42.1 Å². The predicted molar refractivity (Wildman–Crippen MR) is 61.4 cm³/mol. The highest BCUT2D eigenvalue weighted by molar-refractivity contribution is 7.08. The van der Waals surface area contributed by atoms with Crippen molar-refractivity contribution in [2.24, 2.45) is 0 Å². The summed E-state index contributed by atoms with van der Waals surface area (Å²) in [5.74, 6) is 1.72. The number of pyridine rings is 1. The molecule has 0 saturated carbocycles. The second-order valence-corrected chi connectivity index (χ2v) is 3.58. The molecule has 3 nitrogen and oxygen atoms in total. The van der Waals surface area contributed by atoms with E-state index in [1.54, 1.807) is 11.3 Å². The molecule has 2 N–H and O–H groups in total. The van der Waals surface area contributed by atoms with Gasteiger partial charge in [-0.1, -0.05) is 6.07 Å². The summed E-state index contributed by atoms with van der Waals surface area (Å²) in [5.41, 5.74) is 1.08. The van der Waals surface area contributed by atoms with Gasteiger partial charge in [0.2, 0.25) is 0 Å². The molecule has 2 rings (SSSR count). The van der Waals surface area contributed by atoms with Crippen molar-refractivity contribution in [1.82, 2.24) is 4.98 Å². The number of nitrogens with zero attached hydrogens (tertiary/aromatic N) is 1. The lowest BCUT2D eigenvalue weighted by Crippen LogP contribution is -1.96. The highest BCUT2D eigenvalue weighted by Crippen LogP contribution is 2.18. The van der Waals surface area contributed by atoms with E-state index in [1.165, 1.54) is 0 Å². The Kier molecular flexibility index (Phi) is 2.65. The topological polar surface area (TPSA) is 37.0 Å². The summed E-state index contributed by atoms with van der Waals surface area (Å²) in [4.78, 5) is 4.35. The van der Waals surface area contributed by atoms with E-state index in [-0.39, 0.29) is 0 Å². The van der Waals surface area contributed by atoms with Crippen molar-refractivity contribution in [3.8, 4) is 0 Å². The third-order valence-corrected chi connectivity index (χ3v) is 2.48. The normalized spacial score (nSPS) is 9.79. The van der Waals surface area contributed by atoms with E-state index in [4.69, 9.17) is 0 Å². The molecule has 0 spiro atoms. The molecule has 2 heterocycles. The maximum atomic E-state index is 4.35. The largest absolute Gasteiger partial charge is 0.373 e. The Bertz CT molecular complexity index is 398. The fourth-order valence-corrected chi connectivity index (χ4v) is 1.71. The van der Waals surface area contributed by atoms with Gasteiger partial charge in [-0.15, -0.1) is 0 Å². The lowest BCUT2D eigenvalue weighted by molar-refractivity contribution is 1.28. The van der Waals surface area contributed by atoms with E-state index in [2.05, 4.69) is 15.6 Å². The van der Waals surface area contributed by atoms with E-state index >= 15 is 0 Å². The first-order valence-corrected chi connectivity index (χ1v) is 5.27. The molecule has 72 valence electrons. The molecule has 2 aromatic heterocycles. The summed E-state index contributed by atoms with van der Waals surface area (Å²) in [5, 5.41) is 10.3. The predicted octanol–water partition coefficient (Wildman–Crippen LogP) is 2.93. The van der Waals surface area contributed by atoms with Crippen molar-refractivity contribution in [2.75, 3.05) is 17.7 Å². The first kappa shape index (κ1) is 9.02. The summed E-state index contributed by atoms with van der Waals surface area (Å²) < 4.78 is 0. The van der Waals surface area contributed by atoms with Crippen molar-refractivity contribution >= 4 is 28.7 Å². The second-order valence-electron chi connectivity index (χ2n) is 2.80. The Morgan fingerprint density at radius 1 is 1.21 bits per heavy atom. The van der Waals surface area contributed by atoms with Gasteiger partial charge in [-0.3, -0.25) is 0 Å². The molecule has 4 heteroatoms. The molecule has 0 aliphatic carbocycles. The fraction of sp³-hybridized carbons (Fsp3) is 0.100. The molecule has 0 bridgehead atoms. The second kappa shape index (κ2) is 4.11. The highest BCUT2D eigenvalue weighted by Gasteiger charge is 1.96. The fourth-order valence-electron chi connectivity index (χ4n) is 1.13. The van der Waals surface area contributed by atoms with E-state index < -0.39 is 0 Å². The number of thiophene rings is 1. The minimum absolute atomic E-state index is 0.857. The average molecular weight is 205 g/mol. The summed E-state index contributed by atoms with van der Waals surface area (Å²) in [6.07, 6.45) is 0.